The lowest BCUT2D eigenvalue weighted by Crippen LogP contribution is -2.43. The van der Waals surface area contributed by atoms with Gasteiger partial charge in [0.05, 0.1) is 30.2 Å². The summed E-state index contributed by atoms with van der Waals surface area (Å²) < 4.78 is 8.90. The van der Waals surface area contributed by atoms with Gasteiger partial charge in [-0.3, -0.25) is 14.5 Å². The molecule has 5 heterocycles. The highest BCUT2D eigenvalue weighted by molar-refractivity contribution is 6.13. The van der Waals surface area contributed by atoms with E-state index in [0.717, 1.165) is 48.7 Å². The van der Waals surface area contributed by atoms with Crippen LogP contribution >= 0.6 is 0 Å². The van der Waals surface area contributed by atoms with Gasteiger partial charge in [0.1, 0.15) is 17.5 Å². The Kier molecular flexibility index (Phi) is 6.11. The van der Waals surface area contributed by atoms with Crippen molar-refractivity contribution >= 4 is 40.0 Å². The highest BCUT2D eigenvalue weighted by Crippen LogP contribution is 2.32. The number of nitrogens with zero attached hydrogens (tertiary/aromatic N) is 7. The van der Waals surface area contributed by atoms with E-state index in [1.807, 2.05) is 36.8 Å². The van der Waals surface area contributed by atoms with Crippen LogP contribution in [0.15, 0.2) is 47.6 Å². The average molecular weight is 541 g/mol. The third kappa shape index (κ3) is 4.86. The molecule has 4 aromatic heterocycles. The number of anilines is 3. The van der Waals surface area contributed by atoms with Crippen molar-refractivity contribution < 1.29 is 9.21 Å². The molecule has 7 rings (SSSR count). The van der Waals surface area contributed by atoms with Crippen LogP contribution in [0.4, 0.5) is 17.5 Å². The predicted molar refractivity (Wildman–Crippen MR) is 152 cm³/mol. The van der Waals surface area contributed by atoms with Crippen molar-refractivity contribution in [3.05, 3.63) is 60.1 Å². The molecular formula is C28H32N10O2. The third-order valence-electron chi connectivity index (χ3n) is 7.61. The van der Waals surface area contributed by atoms with Crippen LogP contribution in [0.2, 0.25) is 0 Å². The third-order valence-corrected chi connectivity index (χ3v) is 7.61. The zero-order valence-corrected chi connectivity index (χ0v) is 22.6. The van der Waals surface area contributed by atoms with Crippen molar-refractivity contribution in [1.29, 1.82) is 0 Å². The molecule has 1 aliphatic heterocycles. The first kappa shape index (κ1) is 24.6. The van der Waals surface area contributed by atoms with Crippen LogP contribution in [-0.4, -0.2) is 60.2 Å². The van der Waals surface area contributed by atoms with Gasteiger partial charge in [0.25, 0.3) is 11.9 Å². The second kappa shape index (κ2) is 9.94. The first-order chi connectivity index (χ1) is 19.5. The number of benzene rings is 1. The number of hydrogen-bond donors (Lipinski definition) is 3. The number of fused-ring (bicyclic) bond motifs is 2. The molecule has 206 valence electrons. The maximum absolute atomic E-state index is 13.5. The van der Waals surface area contributed by atoms with E-state index in [-0.39, 0.29) is 5.91 Å². The summed E-state index contributed by atoms with van der Waals surface area (Å²) in [5.74, 6) is 0.184. The fourth-order valence-electron chi connectivity index (χ4n) is 5.57. The zero-order valence-electron chi connectivity index (χ0n) is 22.6. The Balaban J connectivity index is 1.11. The Morgan fingerprint density at radius 1 is 1.07 bits per heavy atom. The number of amides is 1. The maximum atomic E-state index is 13.5. The van der Waals surface area contributed by atoms with Crippen LogP contribution in [0.5, 0.6) is 0 Å². The molecular weight excluding hydrogens is 508 g/mol. The maximum Gasteiger partial charge on any atom is 0.294 e. The summed E-state index contributed by atoms with van der Waals surface area (Å²) >= 11 is 0. The van der Waals surface area contributed by atoms with Crippen LogP contribution in [0, 0.1) is 6.92 Å². The number of piperidine rings is 1. The van der Waals surface area contributed by atoms with Gasteiger partial charge in [0.2, 0.25) is 0 Å². The molecule has 1 aromatic carbocycles. The number of carbonyl (C=O) groups is 1. The Hall–Kier alpha value is -4.45. The second-order valence-electron chi connectivity index (χ2n) is 10.7. The van der Waals surface area contributed by atoms with Crippen LogP contribution < -0.4 is 20.9 Å². The van der Waals surface area contributed by atoms with E-state index in [2.05, 4.69) is 47.0 Å². The molecule has 2 fully saturated rings. The summed E-state index contributed by atoms with van der Waals surface area (Å²) in [6, 6.07) is 5.66. The van der Waals surface area contributed by atoms with E-state index in [4.69, 9.17) is 4.42 Å². The molecule has 5 aromatic rings. The number of rotatable bonds is 8. The van der Waals surface area contributed by atoms with E-state index in [1.54, 1.807) is 17.1 Å². The zero-order chi connectivity index (χ0) is 27.2. The quantitative estimate of drug-likeness (QED) is 0.271. The molecule has 1 saturated carbocycles. The van der Waals surface area contributed by atoms with Gasteiger partial charge in [-0.1, -0.05) is 0 Å². The molecule has 12 heteroatoms. The number of nitrogens with one attached hydrogen (secondary N) is 3. The monoisotopic (exact) mass is 540 g/mol. The Morgan fingerprint density at radius 3 is 2.67 bits per heavy atom. The SMILES string of the molecule is Cc1cn2cc(NC(=O)c3ccc(N4CCC(NC5CC5)CC4)c4cn(C)nc34)nc2c(CNc2ncco2)n1. The number of carbonyl (C=O) groups excluding carboxylic acids is 1. The van der Waals surface area contributed by atoms with Crippen LogP contribution in [-0.2, 0) is 13.6 Å². The molecule has 1 saturated heterocycles. The molecule has 0 spiro atoms. The first-order valence-corrected chi connectivity index (χ1v) is 13.8. The van der Waals surface area contributed by atoms with Gasteiger partial charge in [0, 0.05) is 55.7 Å². The van der Waals surface area contributed by atoms with Crippen molar-refractivity contribution in [2.24, 2.45) is 7.05 Å². The molecule has 1 amide bonds. The largest absolute Gasteiger partial charge is 0.432 e. The summed E-state index contributed by atoms with van der Waals surface area (Å²) in [5, 5.41) is 15.5. The van der Waals surface area contributed by atoms with Crippen LogP contribution in [0.1, 0.15) is 47.4 Å². The highest BCUT2D eigenvalue weighted by atomic mass is 16.4. The van der Waals surface area contributed by atoms with E-state index >= 15 is 0 Å². The van der Waals surface area contributed by atoms with Crippen molar-refractivity contribution in [3.63, 3.8) is 0 Å². The van der Waals surface area contributed by atoms with Gasteiger partial charge in [0.15, 0.2) is 11.5 Å². The molecule has 0 radical (unpaired) electrons. The van der Waals surface area contributed by atoms with Crippen LogP contribution in [0.3, 0.4) is 0 Å². The molecule has 1 aliphatic carbocycles. The topological polar surface area (TPSA) is 130 Å². The molecule has 40 heavy (non-hydrogen) atoms. The van der Waals surface area contributed by atoms with Gasteiger partial charge < -0.3 is 29.7 Å². The van der Waals surface area contributed by atoms with Gasteiger partial charge >= 0.3 is 0 Å². The highest BCUT2D eigenvalue weighted by Gasteiger charge is 2.28. The minimum atomic E-state index is -0.255. The number of hydrogen-bond acceptors (Lipinski definition) is 9. The van der Waals surface area contributed by atoms with Gasteiger partial charge in [-0.15, -0.1) is 0 Å². The van der Waals surface area contributed by atoms with E-state index < -0.39 is 0 Å². The minimum absolute atomic E-state index is 0.255. The number of imidazole rings is 1. The van der Waals surface area contributed by atoms with Crippen molar-refractivity contribution in [2.75, 3.05) is 28.6 Å². The van der Waals surface area contributed by atoms with Crippen molar-refractivity contribution in [1.82, 2.24) is 34.4 Å². The summed E-state index contributed by atoms with van der Waals surface area (Å²) in [6.07, 6.45) is 13.6. The normalized spacial score (nSPS) is 16.2. The summed E-state index contributed by atoms with van der Waals surface area (Å²) in [6.45, 7) is 4.27. The molecule has 0 bridgehead atoms. The summed E-state index contributed by atoms with van der Waals surface area (Å²) in [5.41, 5.74) is 4.51. The fraction of sp³-hybridized carbons (Fsp3) is 0.393. The fourth-order valence-corrected chi connectivity index (χ4v) is 5.57. The number of oxazole rings is 1. The smallest absolute Gasteiger partial charge is 0.294 e. The van der Waals surface area contributed by atoms with Crippen molar-refractivity contribution in [2.45, 2.75) is 51.2 Å². The average Bonchev–Trinajstić information content (AvgIpc) is 3.27. The Morgan fingerprint density at radius 2 is 1.90 bits per heavy atom. The van der Waals surface area contributed by atoms with Crippen molar-refractivity contribution in [3.8, 4) is 0 Å². The summed E-state index contributed by atoms with van der Waals surface area (Å²) in [7, 11) is 1.89. The molecule has 0 unspecified atom stereocenters. The first-order valence-electron chi connectivity index (χ1n) is 13.8. The standard InChI is InChI=1S/C28H32N10O2/c1-17-14-38-16-24(33-26(38)22(31-17)13-30-28-29-9-12-40-28)34-27(39)20-5-6-23(21-15-36(2)35-25(20)21)37-10-7-19(8-11-37)32-18-3-4-18/h5-6,9,12,14-16,18-19,32H,3-4,7-8,10-11,13H2,1-2H3,(H,29,30)(H,34,39). The van der Waals surface area contributed by atoms with Gasteiger partial charge in [-0.05, 0) is 44.7 Å². The lowest BCUT2D eigenvalue weighted by molar-refractivity contribution is 0.102. The molecule has 3 N–H and O–H groups in total. The predicted octanol–water partition coefficient (Wildman–Crippen LogP) is 3.50. The van der Waals surface area contributed by atoms with E-state index in [0.29, 0.717) is 46.8 Å². The Bertz CT molecular complexity index is 1680. The minimum Gasteiger partial charge on any atom is -0.432 e. The lowest BCUT2D eigenvalue weighted by atomic mass is 10.0. The molecule has 0 atom stereocenters. The number of aromatic nitrogens is 6. The summed E-state index contributed by atoms with van der Waals surface area (Å²) in [4.78, 5) is 29.3. The second-order valence-corrected chi connectivity index (χ2v) is 10.7. The molecule has 2 aliphatic rings. The van der Waals surface area contributed by atoms with Gasteiger partial charge in [-0.2, -0.15) is 5.10 Å². The van der Waals surface area contributed by atoms with E-state index in [1.165, 1.54) is 19.1 Å². The lowest BCUT2D eigenvalue weighted by Gasteiger charge is -2.34. The van der Waals surface area contributed by atoms with Crippen LogP contribution in [0.25, 0.3) is 16.6 Å². The van der Waals surface area contributed by atoms with E-state index in [9.17, 15) is 4.79 Å². The van der Waals surface area contributed by atoms with Gasteiger partial charge in [-0.25, -0.2) is 9.97 Å². The Labute approximate surface area is 230 Å². The number of aryl methyl sites for hydroxylation is 2. The molecule has 12 nitrogen and oxygen atoms in total.